The second kappa shape index (κ2) is 10.7. The number of allylic oxidation sites excluding steroid dienone is 1. The molecule has 0 heterocycles. The molecule has 4 aromatic carbocycles. The van der Waals surface area contributed by atoms with Crippen LogP contribution in [-0.2, 0) is 9.59 Å². The van der Waals surface area contributed by atoms with Crippen molar-refractivity contribution in [1.82, 2.24) is 0 Å². The van der Waals surface area contributed by atoms with Crippen LogP contribution in [0, 0.1) is 11.3 Å². The molecular weight excluding hydrogens is 555 g/mol. The second-order valence-corrected chi connectivity index (χ2v) is 11.3. The Morgan fingerprint density at radius 2 is 1.27 bits per heavy atom. The summed E-state index contributed by atoms with van der Waals surface area (Å²) in [7, 11) is 0. The normalized spacial score (nSPS) is 21.4. The summed E-state index contributed by atoms with van der Waals surface area (Å²) in [4.78, 5) is 57.4. The van der Waals surface area contributed by atoms with E-state index >= 15 is 0 Å². The van der Waals surface area contributed by atoms with E-state index in [9.17, 15) is 19.2 Å². The molecule has 0 aromatic heterocycles. The fraction of sp³-hybridized carbons (Fsp3) is 0.143. The third-order valence-corrected chi connectivity index (χ3v) is 9.06. The molecular formula is C35H24Cl2O4. The number of carbonyl (C=O) groups excluding carboxylic acids is 4. The Morgan fingerprint density at radius 3 is 1.90 bits per heavy atom. The van der Waals surface area contributed by atoms with Crippen molar-refractivity contribution >= 4 is 52.4 Å². The van der Waals surface area contributed by atoms with Crippen molar-refractivity contribution in [3.8, 4) is 0 Å². The van der Waals surface area contributed by atoms with Crippen molar-refractivity contribution in [3.63, 3.8) is 0 Å². The maximum Gasteiger partial charge on any atom is 0.178 e. The number of Topliss-reactive ketones (excluding diaryl/α,β-unsaturated/α-hetero) is 3. The first-order chi connectivity index (χ1) is 19.9. The summed E-state index contributed by atoms with van der Waals surface area (Å²) in [5, 5.41) is 0.814. The summed E-state index contributed by atoms with van der Waals surface area (Å²) in [6, 6.07) is 29.7. The van der Waals surface area contributed by atoms with Crippen LogP contribution in [0.4, 0.5) is 0 Å². The van der Waals surface area contributed by atoms with Gasteiger partial charge in [-0.3, -0.25) is 19.2 Å². The van der Waals surface area contributed by atoms with Crippen molar-refractivity contribution in [2.24, 2.45) is 11.3 Å². The van der Waals surface area contributed by atoms with Gasteiger partial charge in [0.15, 0.2) is 17.3 Å². The predicted molar refractivity (Wildman–Crippen MR) is 160 cm³/mol. The fourth-order valence-corrected chi connectivity index (χ4v) is 7.09. The molecule has 0 radical (unpaired) electrons. The predicted octanol–water partition coefficient (Wildman–Crippen LogP) is 7.80. The molecule has 1 spiro atoms. The van der Waals surface area contributed by atoms with Crippen LogP contribution in [0.15, 0.2) is 109 Å². The van der Waals surface area contributed by atoms with E-state index < -0.39 is 40.5 Å². The van der Waals surface area contributed by atoms with E-state index in [1.807, 2.05) is 6.07 Å². The van der Waals surface area contributed by atoms with Gasteiger partial charge in [-0.1, -0.05) is 114 Å². The molecule has 0 bridgehead atoms. The molecule has 1 saturated carbocycles. The molecule has 0 amide bonds. The van der Waals surface area contributed by atoms with Crippen molar-refractivity contribution in [3.05, 3.63) is 147 Å². The van der Waals surface area contributed by atoms with E-state index in [-0.39, 0.29) is 12.2 Å². The summed E-state index contributed by atoms with van der Waals surface area (Å²) in [5.74, 6) is -4.80. The van der Waals surface area contributed by atoms with Gasteiger partial charge in [-0.15, -0.1) is 0 Å². The van der Waals surface area contributed by atoms with Crippen LogP contribution in [0.5, 0.6) is 0 Å². The average molecular weight is 579 g/mol. The summed E-state index contributed by atoms with van der Waals surface area (Å²) in [6.45, 7) is 0. The summed E-state index contributed by atoms with van der Waals surface area (Å²) in [6.07, 6.45) is 2.72. The molecule has 0 N–H and O–H groups in total. The first-order valence-corrected chi connectivity index (χ1v) is 14.1. The Balaban J connectivity index is 1.60. The van der Waals surface area contributed by atoms with E-state index in [1.165, 1.54) is 6.08 Å². The van der Waals surface area contributed by atoms with Crippen LogP contribution in [0.25, 0.3) is 6.08 Å². The first kappa shape index (κ1) is 27.1. The van der Waals surface area contributed by atoms with Gasteiger partial charge in [-0.25, -0.2) is 0 Å². The number of ketones is 4. The number of benzene rings is 4. The highest BCUT2D eigenvalue weighted by Crippen LogP contribution is 2.62. The monoisotopic (exact) mass is 578 g/mol. The summed E-state index contributed by atoms with van der Waals surface area (Å²) < 4.78 is 0. The Hall–Kier alpha value is -4.12. The lowest BCUT2D eigenvalue weighted by Crippen LogP contribution is -2.55. The van der Waals surface area contributed by atoms with Gasteiger partial charge in [0, 0.05) is 39.4 Å². The van der Waals surface area contributed by atoms with Gasteiger partial charge in [-0.05, 0) is 41.0 Å². The minimum atomic E-state index is -1.75. The van der Waals surface area contributed by atoms with E-state index in [1.54, 1.807) is 103 Å². The summed E-state index contributed by atoms with van der Waals surface area (Å²) >= 11 is 13.0. The van der Waals surface area contributed by atoms with Crippen LogP contribution in [0.1, 0.15) is 55.7 Å². The Morgan fingerprint density at radius 1 is 0.707 bits per heavy atom. The van der Waals surface area contributed by atoms with Crippen LogP contribution < -0.4 is 0 Å². The third-order valence-electron chi connectivity index (χ3n) is 8.37. The van der Waals surface area contributed by atoms with Gasteiger partial charge in [0.1, 0.15) is 11.2 Å². The van der Waals surface area contributed by atoms with Gasteiger partial charge in [0.25, 0.3) is 0 Å². The lowest BCUT2D eigenvalue weighted by molar-refractivity contribution is -0.135. The zero-order valence-electron chi connectivity index (χ0n) is 21.8. The lowest BCUT2D eigenvalue weighted by atomic mass is 9.50. The molecule has 2 aliphatic rings. The van der Waals surface area contributed by atoms with Gasteiger partial charge in [0.2, 0.25) is 0 Å². The number of carbonyl (C=O) groups is 4. The van der Waals surface area contributed by atoms with Gasteiger partial charge >= 0.3 is 0 Å². The fourth-order valence-electron chi connectivity index (χ4n) is 6.62. The zero-order valence-corrected chi connectivity index (χ0v) is 23.3. The lowest BCUT2D eigenvalue weighted by Gasteiger charge is -2.48. The molecule has 0 aliphatic heterocycles. The highest BCUT2D eigenvalue weighted by molar-refractivity contribution is 6.34. The number of fused-ring (bicyclic) bond motifs is 1. The number of hydrogen-bond donors (Lipinski definition) is 0. The number of hydrogen-bond acceptors (Lipinski definition) is 4. The highest BCUT2D eigenvalue weighted by atomic mass is 35.5. The number of halogens is 2. The van der Waals surface area contributed by atoms with E-state index in [4.69, 9.17) is 23.2 Å². The van der Waals surface area contributed by atoms with Crippen LogP contribution in [-0.4, -0.2) is 23.1 Å². The standard InChI is InChI=1S/C35H24Cl2O4/c36-27-16-8-4-10-21(27)18-19-29(38)31-30(39)20-26(25-15-7-9-17-28(25)37)35(32(31)22-11-2-1-3-12-22)33(40)23-13-5-6-14-24(23)34(35)41/h1-19,26,31-32H,20H2/b19-18+. The average Bonchev–Trinajstić information content (AvgIpc) is 3.21. The van der Waals surface area contributed by atoms with Crippen molar-refractivity contribution in [1.29, 1.82) is 0 Å². The van der Waals surface area contributed by atoms with Gasteiger partial charge < -0.3 is 0 Å². The molecule has 3 atom stereocenters. The quantitative estimate of drug-likeness (QED) is 0.179. The molecule has 6 rings (SSSR count). The highest BCUT2D eigenvalue weighted by Gasteiger charge is 2.68. The Bertz CT molecular complexity index is 1710. The first-order valence-electron chi connectivity index (χ1n) is 13.3. The van der Waals surface area contributed by atoms with Crippen molar-refractivity contribution < 1.29 is 19.2 Å². The van der Waals surface area contributed by atoms with Crippen LogP contribution >= 0.6 is 23.2 Å². The Labute approximate surface area is 247 Å². The minimum Gasteiger partial charge on any atom is -0.299 e. The van der Waals surface area contributed by atoms with Gasteiger partial charge in [0.05, 0.1) is 5.92 Å². The van der Waals surface area contributed by atoms with E-state index in [0.717, 1.165) is 0 Å². The maximum absolute atomic E-state index is 14.6. The van der Waals surface area contributed by atoms with E-state index in [2.05, 4.69) is 0 Å². The number of rotatable bonds is 5. The largest absolute Gasteiger partial charge is 0.299 e. The molecule has 6 heteroatoms. The van der Waals surface area contributed by atoms with Crippen molar-refractivity contribution in [2.75, 3.05) is 0 Å². The Kier molecular flexibility index (Phi) is 7.06. The van der Waals surface area contributed by atoms with Gasteiger partial charge in [-0.2, -0.15) is 0 Å². The SMILES string of the molecule is O=C(/C=C/c1ccccc1Cl)C1C(=O)CC(c2ccccc2Cl)C2(C(=O)c3ccccc3C2=O)C1c1ccccc1. The van der Waals surface area contributed by atoms with Crippen LogP contribution in [0.2, 0.25) is 10.0 Å². The topological polar surface area (TPSA) is 68.3 Å². The van der Waals surface area contributed by atoms with E-state index in [0.29, 0.717) is 37.9 Å². The minimum absolute atomic E-state index is 0.186. The molecule has 202 valence electrons. The zero-order chi connectivity index (χ0) is 28.7. The third kappa shape index (κ3) is 4.30. The molecule has 41 heavy (non-hydrogen) atoms. The maximum atomic E-state index is 14.6. The van der Waals surface area contributed by atoms with Crippen molar-refractivity contribution in [2.45, 2.75) is 18.3 Å². The smallest absolute Gasteiger partial charge is 0.178 e. The molecule has 3 unspecified atom stereocenters. The molecule has 2 aliphatic carbocycles. The molecule has 0 saturated heterocycles. The summed E-state index contributed by atoms with van der Waals surface area (Å²) in [5.41, 5.74) is 0.561. The molecule has 4 aromatic rings. The molecule has 1 fully saturated rings. The molecule has 4 nitrogen and oxygen atoms in total. The second-order valence-electron chi connectivity index (χ2n) is 10.4. The van der Waals surface area contributed by atoms with Crippen LogP contribution in [0.3, 0.4) is 0 Å².